The molecule has 11 nitrogen and oxygen atoms in total. The van der Waals surface area contributed by atoms with Crippen LogP contribution in [0.2, 0.25) is 0 Å². The molecule has 2 aromatic rings. The van der Waals surface area contributed by atoms with Crippen molar-refractivity contribution in [1.82, 2.24) is 5.32 Å². The van der Waals surface area contributed by atoms with Gasteiger partial charge in [0.1, 0.15) is 16.8 Å². The number of nitrogens with two attached hydrogens (primary N) is 3. The van der Waals surface area contributed by atoms with Crippen molar-refractivity contribution in [1.29, 1.82) is 0 Å². The summed E-state index contributed by atoms with van der Waals surface area (Å²) >= 11 is 0. The minimum atomic E-state index is -1.06. The van der Waals surface area contributed by atoms with Crippen LogP contribution in [-0.2, 0) is 32.0 Å². The van der Waals surface area contributed by atoms with Gasteiger partial charge in [-0.3, -0.25) is 0 Å². The van der Waals surface area contributed by atoms with Crippen molar-refractivity contribution in [3.05, 3.63) is 59.7 Å². The zero-order valence-corrected chi connectivity index (χ0v) is 25.1. The Morgan fingerprint density at radius 2 is 1.02 bits per heavy atom. The van der Waals surface area contributed by atoms with Crippen molar-refractivity contribution in [2.45, 2.75) is 92.2 Å². The van der Waals surface area contributed by atoms with Gasteiger partial charge in [0, 0.05) is 24.5 Å². The van der Waals surface area contributed by atoms with Crippen molar-refractivity contribution in [2.24, 2.45) is 5.73 Å². The minimum absolute atomic E-state index is 0.377. The average molecular weight is 563 g/mol. The maximum absolute atomic E-state index is 11.4. The van der Waals surface area contributed by atoms with Gasteiger partial charge >= 0.3 is 18.4 Å². The maximum Gasteiger partial charge on any atom is 0.519 e. The number of amides is 1. The van der Waals surface area contributed by atoms with Gasteiger partial charge in [-0.25, -0.2) is 14.4 Å². The summed E-state index contributed by atoms with van der Waals surface area (Å²) in [7, 11) is 0. The van der Waals surface area contributed by atoms with Crippen LogP contribution in [0, 0.1) is 0 Å². The number of carbonyl (C=O) groups is 3. The Bertz CT molecular complexity index is 1060. The fourth-order valence-electron chi connectivity index (χ4n) is 2.51. The summed E-state index contributed by atoms with van der Waals surface area (Å²) < 4.78 is 18.9. The van der Waals surface area contributed by atoms with E-state index in [0.29, 0.717) is 18.8 Å². The lowest BCUT2D eigenvalue weighted by molar-refractivity contribution is -0.0294. The maximum atomic E-state index is 11.4. The molecule has 0 aliphatic rings. The van der Waals surface area contributed by atoms with Crippen molar-refractivity contribution in [3.63, 3.8) is 0 Å². The highest BCUT2D eigenvalue weighted by Gasteiger charge is 2.24. The first-order chi connectivity index (χ1) is 18.2. The summed E-state index contributed by atoms with van der Waals surface area (Å²) in [5, 5.41) is 2.66. The summed E-state index contributed by atoms with van der Waals surface area (Å²) in [5.41, 5.74) is 18.1. The molecule has 0 heterocycles. The monoisotopic (exact) mass is 562 g/mol. The predicted octanol–water partition coefficient (Wildman–Crippen LogP) is 5.89. The van der Waals surface area contributed by atoms with Gasteiger partial charge in [0.25, 0.3) is 0 Å². The van der Waals surface area contributed by atoms with E-state index in [-0.39, 0.29) is 0 Å². The highest BCUT2D eigenvalue weighted by Crippen LogP contribution is 2.13. The normalized spacial score (nSPS) is 10.9. The number of alkyl carbamates (subject to hydrolysis) is 1. The number of anilines is 2. The van der Waals surface area contributed by atoms with Gasteiger partial charge in [-0.15, -0.1) is 0 Å². The second-order valence-corrected chi connectivity index (χ2v) is 11.5. The molecule has 0 aliphatic carbocycles. The second kappa shape index (κ2) is 16.2. The van der Waals surface area contributed by atoms with Crippen LogP contribution in [-0.4, -0.2) is 35.2 Å². The lowest BCUT2D eigenvalue weighted by Crippen LogP contribution is -2.32. The van der Waals surface area contributed by atoms with E-state index in [4.69, 9.17) is 31.4 Å². The number of hydrogen-bond donors (Lipinski definition) is 4. The number of hydrogen-bond acceptors (Lipinski definition) is 10. The molecule has 7 N–H and O–H groups in total. The second-order valence-electron chi connectivity index (χ2n) is 11.5. The van der Waals surface area contributed by atoms with Crippen molar-refractivity contribution in [2.75, 3.05) is 11.5 Å². The Balaban J connectivity index is 0.000000592. The van der Waals surface area contributed by atoms with Gasteiger partial charge < -0.3 is 41.5 Å². The van der Waals surface area contributed by atoms with Crippen LogP contribution in [0.1, 0.15) is 73.4 Å². The predicted molar refractivity (Wildman–Crippen MR) is 156 cm³/mol. The lowest BCUT2D eigenvalue weighted by atomic mass is 10.2. The van der Waals surface area contributed by atoms with Crippen LogP contribution in [0.4, 0.5) is 25.8 Å². The molecular weight excluding hydrogens is 516 g/mol. The number of carbonyl (C=O) groups excluding carboxylic acids is 3. The van der Waals surface area contributed by atoms with Gasteiger partial charge in [-0.2, -0.15) is 0 Å². The Labute approximate surface area is 237 Å². The molecule has 0 atom stereocenters. The number of ether oxygens (including phenoxy) is 4. The van der Waals surface area contributed by atoms with Crippen LogP contribution < -0.4 is 22.5 Å². The molecule has 0 saturated heterocycles. The lowest BCUT2D eigenvalue weighted by Gasteiger charge is -2.20. The molecule has 0 saturated carbocycles. The summed E-state index contributed by atoms with van der Waals surface area (Å²) in [5.74, 6) is 0. The van der Waals surface area contributed by atoms with Crippen LogP contribution in [0.5, 0.6) is 0 Å². The first kappa shape index (κ1) is 36.0. The fourth-order valence-corrected chi connectivity index (χ4v) is 2.51. The zero-order chi connectivity index (χ0) is 31.1. The molecule has 2 rings (SSSR count). The van der Waals surface area contributed by atoms with E-state index in [2.05, 4.69) is 10.1 Å². The zero-order valence-electron chi connectivity index (χ0n) is 25.1. The molecule has 0 fully saturated rings. The van der Waals surface area contributed by atoms with Gasteiger partial charge in [0.2, 0.25) is 0 Å². The van der Waals surface area contributed by atoms with Crippen LogP contribution in [0.25, 0.3) is 0 Å². The van der Waals surface area contributed by atoms with Crippen molar-refractivity contribution in [3.8, 4) is 0 Å². The summed E-state index contributed by atoms with van der Waals surface area (Å²) in [4.78, 5) is 33.4. The molecule has 0 aromatic heterocycles. The van der Waals surface area contributed by atoms with Gasteiger partial charge in [0.15, 0.2) is 0 Å². The Morgan fingerprint density at radius 1 is 0.650 bits per heavy atom. The Kier molecular flexibility index (Phi) is 14.6. The Hall–Kier alpha value is -3.99. The molecule has 0 radical (unpaired) electrons. The third kappa shape index (κ3) is 19.1. The van der Waals surface area contributed by atoms with E-state index in [1.54, 1.807) is 47.6 Å². The standard InChI is InChI=1S/C12H18N2O2.C10H18O5.C7H10N2/c1-12(2,3)16-11(15)14-8-9-6-4-5-7-10(9)13;1-9(2,3)14-7(11)13-8(12)15-10(4,5)6;8-5-6-3-1-2-4-7(6)9/h4-7H,8,13H2,1-3H3,(H,14,15);1-6H3;1-4H,5,8-9H2. The van der Waals surface area contributed by atoms with E-state index in [1.807, 2.05) is 63.2 Å². The van der Waals surface area contributed by atoms with E-state index in [1.165, 1.54) is 0 Å². The highest BCUT2D eigenvalue weighted by atomic mass is 16.8. The molecule has 0 bridgehead atoms. The van der Waals surface area contributed by atoms with E-state index < -0.39 is 35.2 Å². The van der Waals surface area contributed by atoms with E-state index in [0.717, 1.165) is 16.8 Å². The fraction of sp³-hybridized carbons (Fsp3) is 0.483. The Morgan fingerprint density at radius 3 is 1.35 bits per heavy atom. The first-order valence-corrected chi connectivity index (χ1v) is 12.7. The van der Waals surface area contributed by atoms with E-state index in [9.17, 15) is 14.4 Å². The third-order valence-corrected chi connectivity index (χ3v) is 4.10. The third-order valence-electron chi connectivity index (χ3n) is 4.10. The summed E-state index contributed by atoms with van der Waals surface area (Å²) in [6.45, 7) is 16.4. The summed E-state index contributed by atoms with van der Waals surface area (Å²) in [6.07, 6.45) is -2.55. The molecule has 11 heteroatoms. The molecule has 224 valence electrons. The first-order valence-electron chi connectivity index (χ1n) is 12.7. The molecule has 1 amide bonds. The SMILES string of the molecule is CC(C)(C)OC(=O)NCc1ccccc1N.CC(C)(C)OC(=O)OC(=O)OC(C)(C)C.NCc1ccccc1N. The minimum Gasteiger partial charge on any atom is -0.444 e. The van der Waals surface area contributed by atoms with Gasteiger partial charge in [-0.05, 0) is 85.6 Å². The molecule has 0 unspecified atom stereocenters. The molecular formula is C29H46N4O7. The topological polar surface area (TPSA) is 178 Å². The van der Waals surface area contributed by atoms with Crippen LogP contribution in [0.3, 0.4) is 0 Å². The van der Waals surface area contributed by atoms with Gasteiger partial charge in [-0.1, -0.05) is 36.4 Å². The van der Waals surface area contributed by atoms with Crippen LogP contribution >= 0.6 is 0 Å². The highest BCUT2D eigenvalue weighted by molar-refractivity contribution is 5.77. The van der Waals surface area contributed by atoms with Gasteiger partial charge in [0.05, 0.1) is 0 Å². The molecule has 2 aromatic carbocycles. The number of benzene rings is 2. The number of nitrogens with one attached hydrogen (secondary N) is 1. The average Bonchev–Trinajstić information content (AvgIpc) is 2.76. The quantitative estimate of drug-likeness (QED) is 0.152. The summed E-state index contributed by atoms with van der Waals surface area (Å²) in [6, 6.07) is 15.0. The number of rotatable bonds is 3. The number of para-hydroxylation sites is 2. The van der Waals surface area contributed by atoms with Crippen LogP contribution in [0.15, 0.2) is 48.5 Å². The molecule has 0 spiro atoms. The molecule has 40 heavy (non-hydrogen) atoms. The van der Waals surface area contributed by atoms with E-state index >= 15 is 0 Å². The van der Waals surface area contributed by atoms with Crippen molar-refractivity contribution < 1.29 is 33.3 Å². The van der Waals surface area contributed by atoms with Crippen molar-refractivity contribution >= 4 is 29.8 Å². The molecule has 0 aliphatic heterocycles. The largest absolute Gasteiger partial charge is 0.519 e. The smallest absolute Gasteiger partial charge is 0.444 e. The number of nitrogen functional groups attached to an aromatic ring is 2.